The van der Waals surface area contributed by atoms with Gasteiger partial charge in [0, 0.05) is 25.9 Å². The summed E-state index contributed by atoms with van der Waals surface area (Å²) in [4.78, 5) is 23.7. The molecule has 1 amide bonds. The van der Waals surface area contributed by atoms with E-state index in [1.807, 2.05) is 18.7 Å². The molecule has 3 aliphatic rings. The van der Waals surface area contributed by atoms with Crippen molar-refractivity contribution in [2.45, 2.75) is 57.7 Å². The van der Waals surface area contributed by atoms with E-state index in [1.165, 1.54) is 0 Å². The first-order valence-corrected chi connectivity index (χ1v) is 7.02. The lowest BCUT2D eigenvalue weighted by molar-refractivity contribution is -0.141. The minimum atomic E-state index is -0.349. The molecular formula is C14H23NO4. The first-order chi connectivity index (χ1) is 8.94. The smallest absolute Gasteiger partial charge is 0.225 e. The van der Waals surface area contributed by atoms with Crippen molar-refractivity contribution in [1.82, 2.24) is 4.90 Å². The van der Waals surface area contributed by atoms with E-state index in [-0.39, 0.29) is 24.2 Å². The van der Waals surface area contributed by atoms with Gasteiger partial charge in [-0.15, -0.1) is 0 Å². The molecule has 2 aliphatic heterocycles. The van der Waals surface area contributed by atoms with Crippen LogP contribution in [0.3, 0.4) is 0 Å². The van der Waals surface area contributed by atoms with Crippen LogP contribution in [0.4, 0.5) is 0 Å². The Balaban J connectivity index is 0.000000148. The summed E-state index contributed by atoms with van der Waals surface area (Å²) in [6, 6.07) is 0.359. The van der Waals surface area contributed by atoms with Crippen molar-refractivity contribution < 1.29 is 19.4 Å². The maximum Gasteiger partial charge on any atom is 0.225 e. The van der Waals surface area contributed by atoms with E-state index < -0.39 is 0 Å². The maximum atomic E-state index is 11.3. The number of fused-ring (bicyclic) bond motifs is 1. The molecule has 2 heterocycles. The molecule has 5 heteroatoms. The SMILES string of the molecule is CC1(C)OC[C@H]2CCC(=O)N21.O=C1CC[C@H](CO)C1. The maximum absolute atomic E-state index is 11.3. The summed E-state index contributed by atoms with van der Waals surface area (Å²) in [5.74, 6) is 0.837. The molecule has 1 saturated carbocycles. The van der Waals surface area contributed by atoms with Crippen LogP contribution in [0.25, 0.3) is 0 Å². The number of carbonyl (C=O) groups is 2. The van der Waals surface area contributed by atoms with E-state index in [9.17, 15) is 9.59 Å². The average molecular weight is 269 g/mol. The van der Waals surface area contributed by atoms with Crippen molar-refractivity contribution in [2.75, 3.05) is 13.2 Å². The summed E-state index contributed by atoms with van der Waals surface area (Å²) in [6.45, 7) is 4.82. The number of Topliss-reactive ketones (excluding diaryl/α,β-unsaturated/α-hetero) is 1. The fourth-order valence-corrected chi connectivity index (χ4v) is 3.06. The number of hydrogen-bond donors (Lipinski definition) is 1. The summed E-state index contributed by atoms with van der Waals surface area (Å²) in [7, 11) is 0. The normalized spacial score (nSPS) is 32.3. The Bertz CT molecular complexity index is 366. The molecule has 108 valence electrons. The fraction of sp³-hybridized carbons (Fsp3) is 0.857. The van der Waals surface area contributed by atoms with E-state index in [1.54, 1.807) is 0 Å². The Kier molecular flexibility index (Phi) is 4.26. The molecule has 0 aromatic heterocycles. The Morgan fingerprint density at radius 3 is 2.53 bits per heavy atom. The van der Waals surface area contributed by atoms with Gasteiger partial charge in [0.05, 0.1) is 12.6 Å². The summed E-state index contributed by atoms with van der Waals surface area (Å²) >= 11 is 0. The van der Waals surface area contributed by atoms with Gasteiger partial charge in [0.1, 0.15) is 11.5 Å². The van der Waals surface area contributed by atoms with Crippen molar-refractivity contribution in [1.29, 1.82) is 0 Å². The van der Waals surface area contributed by atoms with Gasteiger partial charge < -0.3 is 14.7 Å². The molecule has 2 saturated heterocycles. The molecule has 0 aromatic carbocycles. The largest absolute Gasteiger partial charge is 0.396 e. The number of aliphatic hydroxyl groups excluding tert-OH is 1. The van der Waals surface area contributed by atoms with Gasteiger partial charge in [0.25, 0.3) is 0 Å². The quantitative estimate of drug-likeness (QED) is 0.774. The molecule has 3 fully saturated rings. The molecule has 3 rings (SSSR count). The number of amides is 1. The number of rotatable bonds is 1. The molecule has 0 radical (unpaired) electrons. The zero-order chi connectivity index (χ0) is 14.0. The third-order valence-electron chi connectivity index (χ3n) is 4.14. The predicted molar refractivity (Wildman–Crippen MR) is 69.3 cm³/mol. The highest BCUT2D eigenvalue weighted by atomic mass is 16.5. The third-order valence-corrected chi connectivity index (χ3v) is 4.14. The molecule has 1 aliphatic carbocycles. The molecule has 5 nitrogen and oxygen atoms in total. The number of ether oxygens (including phenoxy) is 1. The Labute approximate surface area is 113 Å². The predicted octanol–water partition coefficient (Wildman–Crippen LogP) is 1.09. The number of ketones is 1. The molecule has 19 heavy (non-hydrogen) atoms. The van der Waals surface area contributed by atoms with E-state index in [0.717, 1.165) is 19.4 Å². The minimum absolute atomic E-state index is 0.186. The van der Waals surface area contributed by atoms with Gasteiger partial charge in [0.15, 0.2) is 0 Å². The van der Waals surface area contributed by atoms with Gasteiger partial charge in [0.2, 0.25) is 5.91 Å². The summed E-state index contributed by atoms with van der Waals surface area (Å²) in [5, 5.41) is 8.53. The van der Waals surface area contributed by atoms with Crippen LogP contribution in [0, 0.1) is 5.92 Å². The van der Waals surface area contributed by atoms with Crippen LogP contribution < -0.4 is 0 Å². The highest BCUT2D eigenvalue weighted by Crippen LogP contribution is 2.34. The molecule has 0 aromatic rings. The van der Waals surface area contributed by atoms with E-state index >= 15 is 0 Å². The second kappa shape index (κ2) is 5.59. The number of aliphatic hydroxyl groups is 1. The summed E-state index contributed by atoms with van der Waals surface area (Å²) in [6.07, 6.45) is 3.87. The number of nitrogens with zero attached hydrogens (tertiary/aromatic N) is 1. The van der Waals surface area contributed by atoms with Crippen molar-refractivity contribution in [3.05, 3.63) is 0 Å². The second-order valence-electron chi connectivity index (χ2n) is 6.04. The molecule has 2 atom stereocenters. The zero-order valence-corrected chi connectivity index (χ0v) is 11.7. The van der Waals surface area contributed by atoms with Gasteiger partial charge >= 0.3 is 0 Å². The van der Waals surface area contributed by atoms with Crippen LogP contribution in [-0.4, -0.2) is 46.7 Å². The topological polar surface area (TPSA) is 66.8 Å². The van der Waals surface area contributed by atoms with Crippen LogP contribution >= 0.6 is 0 Å². The number of hydrogen-bond acceptors (Lipinski definition) is 4. The van der Waals surface area contributed by atoms with Gasteiger partial charge in [-0.05, 0) is 32.6 Å². The van der Waals surface area contributed by atoms with Crippen LogP contribution in [0.2, 0.25) is 0 Å². The van der Waals surface area contributed by atoms with Gasteiger partial charge in [-0.1, -0.05) is 0 Å². The highest BCUT2D eigenvalue weighted by Gasteiger charge is 2.46. The lowest BCUT2D eigenvalue weighted by Gasteiger charge is -2.28. The van der Waals surface area contributed by atoms with Gasteiger partial charge in [-0.3, -0.25) is 9.59 Å². The van der Waals surface area contributed by atoms with Crippen LogP contribution in [-0.2, 0) is 14.3 Å². The molecule has 0 unspecified atom stereocenters. The molecular weight excluding hydrogens is 246 g/mol. The van der Waals surface area contributed by atoms with E-state index in [2.05, 4.69) is 0 Å². The Morgan fingerprint density at radius 2 is 2.05 bits per heavy atom. The second-order valence-corrected chi connectivity index (χ2v) is 6.04. The molecule has 0 spiro atoms. The zero-order valence-electron chi connectivity index (χ0n) is 11.7. The third kappa shape index (κ3) is 3.15. The van der Waals surface area contributed by atoms with Crippen molar-refractivity contribution in [3.63, 3.8) is 0 Å². The van der Waals surface area contributed by atoms with Crippen molar-refractivity contribution >= 4 is 11.7 Å². The standard InChI is InChI=1S/C8H13NO2.C6H10O2/c1-8(2)9-6(5-11-8)3-4-7(9)10;7-4-5-1-2-6(8)3-5/h6H,3-5H2,1-2H3;5,7H,1-4H2/t6-;5-/m10/s1. The number of carbonyl (C=O) groups excluding carboxylic acids is 2. The van der Waals surface area contributed by atoms with Crippen LogP contribution in [0.1, 0.15) is 46.0 Å². The van der Waals surface area contributed by atoms with Gasteiger partial charge in [-0.2, -0.15) is 0 Å². The Hall–Kier alpha value is -0.940. The first-order valence-electron chi connectivity index (χ1n) is 7.02. The lowest BCUT2D eigenvalue weighted by atomic mass is 10.1. The first kappa shape index (κ1) is 14.5. The monoisotopic (exact) mass is 269 g/mol. The fourth-order valence-electron chi connectivity index (χ4n) is 3.06. The van der Waals surface area contributed by atoms with Crippen LogP contribution in [0.5, 0.6) is 0 Å². The van der Waals surface area contributed by atoms with E-state index in [0.29, 0.717) is 31.1 Å². The molecule has 0 bridgehead atoms. The lowest BCUT2D eigenvalue weighted by Crippen LogP contribution is -2.43. The van der Waals surface area contributed by atoms with Crippen molar-refractivity contribution in [3.8, 4) is 0 Å². The van der Waals surface area contributed by atoms with E-state index in [4.69, 9.17) is 9.84 Å². The van der Waals surface area contributed by atoms with Crippen LogP contribution in [0.15, 0.2) is 0 Å². The summed E-state index contributed by atoms with van der Waals surface area (Å²) < 4.78 is 5.48. The Morgan fingerprint density at radius 1 is 1.32 bits per heavy atom. The van der Waals surface area contributed by atoms with Crippen molar-refractivity contribution in [2.24, 2.45) is 5.92 Å². The molecule has 1 N–H and O–H groups in total. The summed E-state index contributed by atoms with van der Waals surface area (Å²) in [5.41, 5.74) is -0.349. The minimum Gasteiger partial charge on any atom is -0.396 e. The van der Waals surface area contributed by atoms with Gasteiger partial charge in [-0.25, -0.2) is 0 Å². The average Bonchev–Trinajstić information content (AvgIpc) is 3.00. The highest BCUT2D eigenvalue weighted by molar-refractivity contribution is 5.80.